The molecule has 1 aromatic carbocycles. The summed E-state index contributed by atoms with van der Waals surface area (Å²) in [6, 6.07) is 8.42. The minimum atomic E-state index is -0.418. The van der Waals surface area contributed by atoms with Crippen molar-refractivity contribution >= 4 is 11.4 Å². The maximum Gasteiger partial charge on any atom is 0.269 e. The Morgan fingerprint density at radius 2 is 2.08 bits per heavy atom. The van der Waals surface area contributed by atoms with Crippen LogP contribution in [0.5, 0.6) is 0 Å². The molecule has 126 valence electrons. The molecule has 6 nitrogen and oxygen atoms in total. The van der Waals surface area contributed by atoms with Crippen LogP contribution in [0, 0.1) is 21.4 Å². The Labute approximate surface area is 142 Å². The van der Waals surface area contributed by atoms with Crippen molar-refractivity contribution in [2.75, 3.05) is 25.5 Å². The number of likely N-dealkylation sites (N-methyl/N-ethyl adjacent to an activating group) is 1. The number of rotatable bonds is 9. The fraction of sp³-hybridized carbons (Fsp3) is 0.278. The third-order valence-corrected chi connectivity index (χ3v) is 3.48. The Morgan fingerprint density at radius 3 is 2.62 bits per heavy atom. The lowest BCUT2D eigenvalue weighted by Crippen LogP contribution is -2.16. The van der Waals surface area contributed by atoms with Gasteiger partial charge in [0.15, 0.2) is 0 Å². The van der Waals surface area contributed by atoms with Crippen molar-refractivity contribution in [2.24, 2.45) is 0 Å². The molecule has 6 heteroatoms. The molecule has 0 unspecified atom stereocenters. The highest BCUT2D eigenvalue weighted by Gasteiger charge is 2.03. The van der Waals surface area contributed by atoms with Gasteiger partial charge in [0.1, 0.15) is 0 Å². The number of nitro benzene ring substituents is 1. The summed E-state index contributed by atoms with van der Waals surface area (Å²) in [6.07, 6.45) is 6.31. The summed E-state index contributed by atoms with van der Waals surface area (Å²) in [5.41, 5.74) is 2.78. The van der Waals surface area contributed by atoms with E-state index in [1.807, 2.05) is 37.1 Å². The van der Waals surface area contributed by atoms with Gasteiger partial charge in [-0.15, -0.1) is 0 Å². The van der Waals surface area contributed by atoms with Crippen molar-refractivity contribution in [1.82, 2.24) is 4.90 Å². The number of nitriles is 1. The van der Waals surface area contributed by atoms with Gasteiger partial charge in [-0.3, -0.25) is 10.1 Å². The van der Waals surface area contributed by atoms with E-state index in [0.717, 1.165) is 17.0 Å². The molecule has 0 atom stereocenters. The van der Waals surface area contributed by atoms with Crippen molar-refractivity contribution in [1.29, 1.82) is 5.26 Å². The molecule has 1 aromatic rings. The maximum atomic E-state index is 10.6. The predicted octanol–water partition coefficient (Wildman–Crippen LogP) is 3.87. The van der Waals surface area contributed by atoms with Gasteiger partial charge in [0.25, 0.3) is 5.69 Å². The largest absolute Gasteiger partial charge is 0.381 e. The molecule has 0 fully saturated rings. The van der Waals surface area contributed by atoms with E-state index in [0.29, 0.717) is 19.5 Å². The highest BCUT2D eigenvalue weighted by molar-refractivity contribution is 5.49. The summed E-state index contributed by atoms with van der Waals surface area (Å²) in [4.78, 5) is 12.1. The first-order valence-corrected chi connectivity index (χ1v) is 7.56. The van der Waals surface area contributed by atoms with Gasteiger partial charge in [-0.25, -0.2) is 0 Å². The van der Waals surface area contributed by atoms with Gasteiger partial charge in [-0.05, 0) is 30.7 Å². The second-order valence-electron chi connectivity index (χ2n) is 5.18. The Balaban J connectivity index is 2.56. The molecule has 0 amide bonds. The first kappa shape index (κ1) is 19.0. The van der Waals surface area contributed by atoms with Crippen LogP contribution in [0.4, 0.5) is 11.4 Å². The van der Waals surface area contributed by atoms with Crippen LogP contribution in [0.2, 0.25) is 0 Å². The van der Waals surface area contributed by atoms with Gasteiger partial charge in [0.2, 0.25) is 0 Å². The fourth-order valence-corrected chi connectivity index (χ4v) is 1.85. The van der Waals surface area contributed by atoms with E-state index in [2.05, 4.69) is 18.0 Å². The minimum absolute atomic E-state index is 0.0726. The monoisotopic (exact) mass is 326 g/mol. The SMILES string of the molecule is C=C(/C=C\C(=C/C)CNc1ccc([N+](=O)[O-])cc1)N(C)CCC#N. The maximum absolute atomic E-state index is 10.6. The summed E-state index contributed by atoms with van der Waals surface area (Å²) in [6.45, 7) is 7.16. The zero-order valence-corrected chi connectivity index (χ0v) is 14.0. The lowest BCUT2D eigenvalue weighted by molar-refractivity contribution is -0.384. The number of hydrogen-bond acceptors (Lipinski definition) is 5. The number of anilines is 1. The number of hydrogen-bond donors (Lipinski definition) is 1. The molecule has 0 saturated heterocycles. The third-order valence-electron chi connectivity index (χ3n) is 3.48. The standard InChI is InChI=1S/C18H22N4O2/c1-4-16(7-6-15(2)21(3)13-5-12-19)14-20-17-8-10-18(11-9-17)22(23)24/h4,6-11,20H,2,5,13-14H2,1,3H3/b7-6-,16-4+. The number of nitrogens with zero attached hydrogens (tertiary/aromatic N) is 3. The summed E-state index contributed by atoms with van der Waals surface area (Å²) in [5, 5.41) is 22.5. The van der Waals surface area contributed by atoms with Crippen LogP contribution in [-0.2, 0) is 0 Å². The Kier molecular flexibility index (Phi) is 7.79. The number of nitrogens with one attached hydrogen (secondary N) is 1. The van der Waals surface area contributed by atoms with Crippen molar-refractivity contribution in [3.63, 3.8) is 0 Å². The number of benzene rings is 1. The highest BCUT2D eigenvalue weighted by Crippen LogP contribution is 2.16. The summed E-state index contributed by atoms with van der Waals surface area (Å²) in [5.74, 6) is 0. The molecular weight excluding hydrogens is 304 g/mol. The van der Waals surface area contributed by atoms with Crippen LogP contribution in [-0.4, -0.2) is 30.0 Å². The van der Waals surface area contributed by atoms with Gasteiger partial charge in [-0.1, -0.05) is 18.7 Å². The summed E-state index contributed by atoms with van der Waals surface area (Å²) in [7, 11) is 1.90. The van der Waals surface area contributed by atoms with E-state index in [1.165, 1.54) is 12.1 Å². The molecule has 0 aliphatic rings. The fourth-order valence-electron chi connectivity index (χ4n) is 1.85. The molecule has 0 aliphatic carbocycles. The quantitative estimate of drug-likeness (QED) is 0.423. The lowest BCUT2D eigenvalue weighted by atomic mass is 10.2. The van der Waals surface area contributed by atoms with Crippen molar-refractivity contribution in [3.8, 4) is 6.07 Å². The Hall–Kier alpha value is -3.07. The highest BCUT2D eigenvalue weighted by atomic mass is 16.6. The molecule has 0 aliphatic heterocycles. The van der Waals surface area contributed by atoms with Crippen LogP contribution in [0.25, 0.3) is 0 Å². The normalized spacial score (nSPS) is 11.1. The van der Waals surface area contributed by atoms with E-state index in [-0.39, 0.29) is 5.69 Å². The minimum Gasteiger partial charge on any atom is -0.381 e. The molecular formula is C18H22N4O2. The van der Waals surface area contributed by atoms with Crippen molar-refractivity contribution in [3.05, 3.63) is 70.5 Å². The van der Waals surface area contributed by atoms with Gasteiger partial charge >= 0.3 is 0 Å². The van der Waals surface area contributed by atoms with E-state index in [1.54, 1.807) is 12.1 Å². The second kappa shape index (κ2) is 9.85. The van der Waals surface area contributed by atoms with Crippen LogP contribution < -0.4 is 5.32 Å². The summed E-state index contributed by atoms with van der Waals surface area (Å²) >= 11 is 0. The zero-order valence-electron chi connectivity index (χ0n) is 14.0. The van der Waals surface area contributed by atoms with E-state index in [4.69, 9.17) is 5.26 Å². The molecule has 0 heterocycles. The Morgan fingerprint density at radius 1 is 1.42 bits per heavy atom. The topological polar surface area (TPSA) is 82.2 Å². The van der Waals surface area contributed by atoms with Gasteiger partial charge < -0.3 is 10.2 Å². The first-order chi connectivity index (χ1) is 11.5. The van der Waals surface area contributed by atoms with Crippen LogP contribution in [0.15, 0.2) is 60.3 Å². The van der Waals surface area contributed by atoms with E-state index >= 15 is 0 Å². The smallest absolute Gasteiger partial charge is 0.269 e. The number of non-ortho nitro benzene ring substituents is 1. The third kappa shape index (κ3) is 6.36. The van der Waals surface area contributed by atoms with Gasteiger partial charge in [0.05, 0.1) is 17.4 Å². The number of nitro groups is 1. The molecule has 24 heavy (non-hydrogen) atoms. The second-order valence-corrected chi connectivity index (χ2v) is 5.18. The molecule has 0 bridgehead atoms. The lowest BCUT2D eigenvalue weighted by Gasteiger charge is -2.17. The first-order valence-electron chi connectivity index (χ1n) is 7.56. The molecule has 0 aromatic heterocycles. The Bertz CT molecular complexity index is 669. The predicted molar refractivity (Wildman–Crippen MR) is 96.5 cm³/mol. The van der Waals surface area contributed by atoms with Crippen LogP contribution in [0.3, 0.4) is 0 Å². The summed E-state index contributed by atoms with van der Waals surface area (Å²) < 4.78 is 0. The average Bonchev–Trinajstić information content (AvgIpc) is 2.59. The molecule has 1 rings (SSSR count). The molecule has 0 spiro atoms. The van der Waals surface area contributed by atoms with Gasteiger partial charge in [-0.2, -0.15) is 5.26 Å². The van der Waals surface area contributed by atoms with E-state index < -0.39 is 4.92 Å². The molecule has 1 N–H and O–H groups in total. The molecule has 0 saturated carbocycles. The van der Waals surface area contributed by atoms with E-state index in [9.17, 15) is 10.1 Å². The zero-order chi connectivity index (χ0) is 17.9. The number of allylic oxidation sites excluding steroid dienone is 2. The van der Waals surface area contributed by atoms with Crippen LogP contribution >= 0.6 is 0 Å². The average molecular weight is 326 g/mol. The molecule has 0 radical (unpaired) electrons. The van der Waals surface area contributed by atoms with Gasteiger partial charge in [0, 0.05) is 43.7 Å². The van der Waals surface area contributed by atoms with Crippen LogP contribution in [0.1, 0.15) is 13.3 Å². The van der Waals surface area contributed by atoms with Crippen molar-refractivity contribution in [2.45, 2.75) is 13.3 Å². The van der Waals surface area contributed by atoms with Crippen molar-refractivity contribution < 1.29 is 4.92 Å².